The van der Waals surface area contributed by atoms with Crippen molar-refractivity contribution in [2.75, 3.05) is 13.1 Å². The van der Waals surface area contributed by atoms with Crippen LogP contribution in [0.4, 0.5) is 0 Å². The van der Waals surface area contributed by atoms with Crippen molar-refractivity contribution in [3.63, 3.8) is 0 Å². The summed E-state index contributed by atoms with van der Waals surface area (Å²) in [5, 5.41) is 9.73. The molecule has 0 aromatic heterocycles. The highest BCUT2D eigenvalue weighted by Gasteiger charge is 2.19. The van der Waals surface area contributed by atoms with Crippen LogP contribution in [0.1, 0.15) is 136 Å². The summed E-state index contributed by atoms with van der Waals surface area (Å²) >= 11 is 0. The average molecular weight is 421 g/mol. The molecule has 0 fully saturated rings. The van der Waals surface area contributed by atoms with Crippen molar-refractivity contribution in [1.82, 2.24) is 4.90 Å². The maximum Gasteiger partial charge on any atom is 0.125 e. The lowest BCUT2D eigenvalue weighted by Crippen LogP contribution is -2.35. The quantitative estimate of drug-likeness (QED) is 0.151. The van der Waals surface area contributed by atoms with Gasteiger partial charge in [0.05, 0.1) is 6.54 Å². The summed E-state index contributed by atoms with van der Waals surface area (Å²) in [6.45, 7) is 5.88. The summed E-state index contributed by atoms with van der Waals surface area (Å²) in [4.78, 5) is 6.58. The van der Waals surface area contributed by atoms with Crippen molar-refractivity contribution in [2.45, 2.75) is 142 Å². The number of hydrogen-bond donors (Lipinski definition) is 1. The normalized spacial score (nSPS) is 15.3. The van der Waals surface area contributed by atoms with Gasteiger partial charge in [0.25, 0.3) is 0 Å². The zero-order chi connectivity index (χ0) is 21.7. The molecule has 1 heterocycles. The highest BCUT2D eigenvalue weighted by Crippen LogP contribution is 2.15. The van der Waals surface area contributed by atoms with Gasteiger partial charge in [-0.1, -0.05) is 103 Å². The van der Waals surface area contributed by atoms with Gasteiger partial charge in [-0.05, 0) is 39.0 Å². The Labute approximate surface area is 188 Å². The summed E-state index contributed by atoms with van der Waals surface area (Å²) in [7, 11) is 0. The molecule has 1 unspecified atom stereocenters. The molecule has 1 N–H and O–H groups in total. The number of allylic oxidation sites excluding steroid dienone is 2. The van der Waals surface area contributed by atoms with E-state index < -0.39 is 0 Å². The van der Waals surface area contributed by atoms with Crippen LogP contribution in [0.25, 0.3) is 0 Å². The topological polar surface area (TPSA) is 35.8 Å². The smallest absolute Gasteiger partial charge is 0.125 e. The molecule has 0 radical (unpaired) electrons. The van der Waals surface area contributed by atoms with Gasteiger partial charge in [0.2, 0.25) is 0 Å². The fraction of sp³-hybridized carbons (Fsp3) is 0.889. The van der Waals surface area contributed by atoms with E-state index in [1.54, 1.807) is 0 Å². The molecular formula is C27H52N2O. The lowest BCUT2D eigenvalue weighted by molar-refractivity contribution is 0.0766. The fourth-order valence-corrected chi connectivity index (χ4v) is 4.37. The highest BCUT2D eigenvalue weighted by molar-refractivity contribution is 5.83. The van der Waals surface area contributed by atoms with Gasteiger partial charge in [-0.2, -0.15) is 0 Å². The van der Waals surface area contributed by atoms with E-state index >= 15 is 0 Å². The summed E-state index contributed by atoms with van der Waals surface area (Å²) in [6, 6.07) is 0. The first-order valence-corrected chi connectivity index (χ1v) is 13.4. The van der Waals surface area contributed by atoms with Crippen molar-refractivity contribution in [2.24, 2.45) is 4.99 Å². The Bertz CT molecular complexity index is 431. The minimum atomic E-state index is -0.382. The summed E-state index contributed by atoms with van der Waals surface area (Å²) in [6.07, 6.45) is 30.2. The van der Waals surface area contributed by atoms with Gasteiger partial charge in [-0.3, -0.25) is 4.99 Å². The second-order valence-corrected chi connectivity index (χ2v) is 9.23. The van der Waals surface area contributed by atoms with E-state index in [1.807, 2.05) is 11.8 Å². The molecule has 176 valence electrons. The molecule has 0 aromatic carbocycles. The predicted molar refractivity (Wildman–Crippen MR) is 133 cm³/mol. The van der Waals surface area contributed by atoms with Gasteiger partial charge >= 0.3 is 0 Å². The Balaban J connectivity index is 1.75. The second-order valence-electron chi connectivity index (χ2n) is 9.23. The molecule has 30 heavy (non-hydrogen) atoms. The molecule has 0 amide bonds. The highest BCUT2D eigenvalue weighted by atomic mass is 16.3. The fourth-order valence-electron chi connectivity index (χ4n) is 4.37. The van der Waals surface area contributed by atoms with Crippen molar-refractivity contribution < 1.29 is 5.11 Å². The SMILES string of the molecule is CCCCCCCCC=CCCCCCCCCCCCCC1=NCCN1C(C)O. The average Bonchev–Trinajstić information content (AvgIpc) is 3.21. The van der Waals surface area contributed by atoms with Crippen LogP contribution in [0, 0.1) is 0 Å². The molecule has 3 nitrogen and oxygen atoms in total. The maximum atomic E-state index is 9.73. The minimum absolute atomic E-state index is 0.382. The van der Waals surface area contributed by atoms with Gasteiger partial charge in [-0.25, -0.2) is 0 Å². The van der Waals surface area contributed by atoms with E-state index in [2.05, 4.69) is 24.1 Å². The number of amidine groups is 1. The third kappa shape index (κ3) is 15.0. The Hall–Kier alpha value is -0.830. The molecular weight excluding hydrogens is 368 g/mol. The number of aliphatic hydroxyl groups is 1. The number of rotatable bonds is 21. The number of nitrogens with zero attached hydrogens (tertiary/aromatic N) is 2. The van der Waals surface area contributed by atoms with Crippen molar-refractivity contribution in [3.8, 4) is 0 Å². The zero-order valence-electron chi connectivity index (χ0n) is 20.4. The van der Waals surface area contributed by atoms with Crippen LogP contribution in [0.3, 0.4) is 0 Å². The molecule has 0 saturated heterocycles. The van der Waals surface area contributed by atoms with Crippen molar-refractivity contribution in [1.29, 1.82) is 0 Å². The molecule has 3 heteroatoms. The van der Waals surface area contributed by atoms with Gasteiger partial charge in [0.15, 0.2) is 0 Å². The minimum Gasteiger partial charge on any atom is -0.374 e. The van der Waals surface area contributed by atoms with E-state index in [0.29, 0.717) is 0 Å². The molecule has 1 aliphatic rings. The molecule has 0 saturated carbocycles. The van der Waals surface area contributed by atoms with Crippen LogP contribution in [-0.4, -0.2) is 35.2 Å². The van der Waals surface area contributed by atoms with E-state index in [9.17, 15) is 5.11 Å². The second kappa shape index (κ2) is 20.1. The van der Waals surface area contributed by atoms with Gasteiger partial charge in [-0.15, -0.1) is 0 Å². The van der Waals surface area contributed by atoms with Gasteiger partial charge < -0.3 is 10.0 Å². The standard InChI is InChI=1S/C27H52N2O/c1-3-4-5-6-7-8-9-10-11-12-13-14-15-16-17-18-19-20-21-22-23-27-28-24-25-29(27)26(2)30/h10-11,26,30H,3-9,12-25H2,1-2H3. The molecule has 1 aliphatic heterocycles. The van der Waals surface area contributed by atoms with Crippen LogP contribution < -0.4 is 0 Å². The van der Waals surface area contributed by atoms with Crippen LogP contribution in [-0.2, 0) is 0 Å². The lowest BCUT2D eigenvalue weighted by Gasteiger charge is -2.23. The number of aliphatic imine (C=N–C) groups is 1. The molecule has 0 bridgehead atoms. The molecule has 0 spiro atoms. The number of hydrogen-bond acceptors (Lipinski definition) is 3. The van der Waals surface area contributed by atoms with E-state index in [4.69, 9.17) is 0 Å². The molecule has 1 atom stereocenters. The van der Waals surface area contributed by atoms with E-state index in [-0.39, 0.29) is 6.23 Å². The summed E-state index contributed by atoms with van der Waals surface area (Å²) in [5.41, 5.74) is 0. The van der Waals surface area contributed by atoms with Crippen LogP contribution in [0.2, 0.25) is 0 Å². The third-order valence-electron chi connectivity index (χ3n) is 6.33. The van der Waals surface area contributed by atoms with Crippen LogP contribution in [0.15, 0.2) is 17.1 Å². The monoisotopic (exact) mass is 420 g/mol. The maximum absolute atomic E-state index is 9.73. The van der Waals surface area contributed by atoms with Crippen LogP contribution >= 0.6 is 0 Å². The largest absolute Gasteiger partial charge is 0.374 e. The van der Waals surface area contributed by atoms with Gasteiger partial charge in [0.1, 0.15) is 12.1 Å². The number of unbranched alkanes of at least 4 members (excludes halogenated alkanes) is 16. The third-order valence-corrected chi connectivity index (χ3v) is 6.33. The Morgan fingerprint density at radius 2 is 1.23 bits per heavy atom. The first-order chi connectivity index (χ1) is 14.8. The lowest BCUT2D eigenvalue weighted by atomic mass is 10.0. The van der Waals surface area contributed by atoms with Crippen molar-refractivity contribution in [3.05, 3.63) is 12.2 Å². The number of aliphatic hydroxyl groups excluding tert-OH is 1. The predicted octanol–water partition coefficient (Wildman–Crippen LogP) is 8.03. The van der Waals surface area contributed by atoms with E-state index in [0.717, 1.165) is 25.3 Å². The van der Waals surface area contributed by atoms with Crippen LogP contribution in [0.5, 0.6) is 0 Å². The summed E-state index contributed by atoms with van der Waals surface area (Å²) in [5.74, 6) is 1.13. The molecule has 0 aliphatic carbocycles. The Kier molecular flexibility index (Phi) is 18.2. The van der Waals surface area contributed by atoms with Gasteiger partial charge in [0, 0.05) is 13.0 Å². The Morgan fingerprint density at radius 3 is 1.73 bits per heavy atom. The Morgan fingerprint density at radius 1 is 0.767 bits per heavy atom. The first kappa shape index (κ1) is 27.2. The molecule has 0 aromatic rings. The van der Waals surface area contributed by atoms with Crippen molar-refractivity contribution >= 4 is 5.84 Å². The zero-order valence-corrected chi connectivity index (χ0v) is 20.4. The summed E-state index contributed by atoms with van der Waals surface area (Å²) < 4.78 is 0. The molecule has 1 rings (SSSR count). The van der Waals surface area contributed by atoms with E-state index in [1.165, 1.54) is 116 Å². The first-order valence-electron chi connectivity index (χ1n) is 13.4.